The number of hydrogen-bond donors (Lipinski definition) is 0. The lowest BCUT2D eigenvalue weighted by atomic mass is 9.93. The van der Waals surface area contributed by atoms with Crippen LogP contribution >= 0.6 is 0 Å². The monoisotopic (exact) mass is 827 g/mol. The Kier molecular flexibility index (Phi) is 8.46. The number of aromatic nitrogens is 5. The second-order valence-corrected chi connectivity index (χ2v) is 16.6. The Bertz CT molecular complexity index is 3890. The summed E-state index contributed by atoms with van der Waals surface area (Å²) in [5.74, 6) is 1.88. The SMILES string of the molecule is c1ccc(-c2nc3c(-c4ccc(-c5nc(-c6ccc7ccccc7c6)nc(-c6ccc7ccccc7c6)n5)cc4)cccc3c3c2ccc2c3c3ccccc3n2-c2ccccc2)cc1. The first-order valence-corrected chi connectivity index (χ1v) is 22.0. The van der Waals surface area contributed by atoms with Gasteiger partial charge in [-0.3, -0.25) is 0 Å². The van der Waals surface area contributed by atoms with Crippen molar-refractivity contribution in [2.45, 2.75) is 0 Å². The molecule has 0 spiro atoms. The van der Waals surface area contributed by atoms with Gasteiger partial charge >= 0.3 is 0 Å². The second-order valence-electron chi connectivity index (χ2n) is 16.6. The van der Waals surface area contributed by atoms with Gasteiger partial charge in [-0.2, -0.15) is 0 Å². The van der Waals surface area contributed by atoms with Crippen molar-refractivity contribution in [1.82, 2.24) is 24.5 Å². The van der Waals surface area contributed by atoms with Crippen LogP contribution in [0.2, 0.25) is 0 Å². The summed E-state index contributed by atoms with van der Waals surface area (Å²) in [6.07, 6.45) is 0. The van der Waals surface area contributed by atoms with Crippen molar-refractivity contribution in [3.63, 3.8) is 0 Å². The summed E-state index contributed by atoms with van der Waals surface area (Å²) in [5, 5.41) is 10.5. The molecule has 0 fully saturated rings. The van der Waals surface area contributed by atoms with E-state index < -0.39 is 0 Å². The molecule has 5 heteroatoms. The highest BCUT2D eigenvalue weighted by atomic mass is 15.0. The van der Waals surface area contributed by atoms with Crippen molar-refractivity contribution in [3.8, 4) is 62.2 Å². The van der Waals surface area contributed by atoms with Crippen molar-refractivity contribution < 1.29 is 0 Å². The third kappa shape index (κ3) is 6.16. The zero-order valence-electron chi connectivity index (χ0n) is 35.1. The number of benzene rings is 10. The smallest absolute Gasteiger partial charge is 0.164 e. The number of hydrogen-bond acceptors (Lipinski definition) is 4. The average Bonchev–Trinajstić information content (AvgIpc) is 3.73. The maximum absolute atomic E-state index is 5.58. The van der Waals surface area contributed by atoms with Gasteiger partial charge in [0.25, 0.3) is 0 Å². The van der Waals surface area contributed by atoms with Gasteiger partial charge in [-0.15, -0.1) is 0 Å². The Morgan fingerprint density at radius 2 is 0.831 bits per heavy atom. The number of nitrogens with zero attached hydrogens (tertiary/aromatic N) is 5. The van der Waals surface area contributed by atoms with E-state index in [-0.39, 0.29) is 0 Å². The lowest BCUT2D eigenvalue weighted by molar-refractivity contribution is 1.08. The van der Waals surface area contributed by atoms with Gasteiger partial charge in [0.05, 0.1) is 22.2 Å². The quantitative estimate of drug-likeness (QED) is 0.157. The predicted molar refractivity (Wildman–Crippen MR) is 269 cm³/mol. The van der Waals surface area contributed by atoms with Crippen LogP contribution in [0.25, 0.3) is 127 Å². The van der Waals surface area contributed by atoms with Gasteiger partial charge in [0.1, 0.15) is 0 Å². The van der Waals surface area contributed by atoms with E-state index in [9.17, 15) is 0 Å². The van der Waals surface area contributed by atoms with E-state index in [0.29, 0.717) is 17.5 Å². The summed E-state index contributed by atoms with van der Waals surface area (Å²) >= 11 is 0. The highest BCUT2D eigenvalue weighted by molar-refractivity contribution is 6.30. The third-order valence-corrected chi connectivity index (χ3v) is 12.8. The van der Waals surface area contributed by atoms with Crippen LogP contribution in [0.5, 0.6) is 0 Å². The Labute approximate surface area is 374 Å². The second kappa shape index (κ2) is 14.9. The Balaban J connectivity index is 1.00. The molecular formula is C60H37N5. The fourth-order valence-electron chi connectivity index (χ4n) is 9.70. The molecule has 65 heavy (non-hydrogen) atoms. The van der Waals surface area contributed by atoms with Crippen molar-refractivity contribution in [3.05, 3.63) is 224 Å². The van der Waals surface area contributed by atoms with Crippen molar-refractivity contribution in [2.75, 3.05) is 0 Å². The maximum Gasteiger partial charge on any atom is 0.164 e. The summed E-state index contributed by atoms with van der Waals surface area (Å²) < 4.78 is 2.39. The summed E-state index contributed by atoms with van der Waals surface area (Å²) in [7, 11) is 0. The molecule has 13 aromatic rings. The molecule has 10 aromatic carbocycles. The number of rotatable bonds is 6. The normalized spacial score (nSPS) is 11.7. The molecule has 13 rings (SSSR count). The molecule has 0 aliphatic rings. The van der Waals surface area contributed by atoms with Crippen molar-refractivity contribution >= 4 is 65.0 Å². The standard InChI is InChI=1S/C60H37N5/c1-3-16-41(17-4-1)56-51-34-35-53-55(49-22-11-12-25-52(49)65(53)47-20-5-2-6-21-47)54(51)50-24-13-23-48(57(50)61-56)40-28-30-42(31-29-40)58-62-59(45-32-26-38-14-7-9-18-43(38)36-45)64-60(63-58)46-33-27-39-15-8-10-19-44(39)37-46/h1-37H. The first kappa shape index (κ1) is 36.8. The number of fused-ring (bicyclic) bond motifs is 9. The number of para-hydroxylation sites is 3. The zero-order valence-corrected chi connectivity index (χ0v) is 35.1. The molecular weight excluding hydrogens is 791 g/mol. The molecule has 0 radical (unpaired) electrons. The van der Waals surface area contributed by atoms with Gasteiger partial charge in [-0.25, -0.2) is 19.9 Å². The van der Waals surface area contributed by atoms with Crippen LogP contribution in [-0.4, -0.2) is 24.5 Å². The van der Waals surface area contributed by atoms with Crippen LogP contribution < -0.4 is 0 Å². The van der Waals surface area contributed by atoms with Crippen LogP contribution in [0.3, 0.4) is 0 Å². The summed E-state index contributed by atoms with van der Waals surface area (Å²) in [6, 6.07) is 79.3. The first-order chi connectivity index (χ1) is 32.2. The van der Waals surface area contributed by atoms with Crippen LogP contribution in [-0.2, 0) is 0 Å². The van der Waals surface area contributed by atoms with Crippen LogP contribution in [0.1, 0.15) is 0 Å². The molecule has 0 amide bonds. The molecule has 3 heterocycles. The van der Waals surface area contributed by atoms with Gasteiger partial charge < -0.3 is 4.57 Å². The molecule has 0 bridgehead atoms. The lowest BCUT2D eigenvalue weighted by Gasteiger charge is -2.15. The molecule has 0 atom stereocenters. The van der Waals surface area contributed by atoms with Gasteiger partial charge in [-0.05, 0) is 63.5 Å². The molecule has 0 saturated carbocycles. The molecule has 3 aromatic heterocycles. The first-order valence-electron chi connectivity index (χ1n) is 22.0. The highest BCUT2D eigenvalue weighted by Gasteiger charge is 2.21. The van der Waals surface area contributed by atoms with E-state index in [0.717, 1.165) is 77.3 Å². The fraction of sp³-hybridized carbons (Fsp3) is 0. The van der Waals surface area contributed by atoms with Crippen LogP contribution in [0.4, 0.5) is 0 Å². The predicted octanol–water partition coefficient (Wildman–Crippen LogP) is 15.3. The molecule has 0 aliphatic heterocycles. The van der Waals surface area contributed by atoms with Crippen molar-refractivity contribution in [2.24, 2.45) is 0 Å². The lowest BCUT2D eigenvalue weighted by Crippen LogP contribution is -2.00. The minimum Gasteiger partial charge on any atom is -0.309 e. The minimum atomic E-state index is 0.614. The molecule has 0 unspecified atom stereocenters. The Hall–Kier alpha value is -8.80. The third-order valence-electron chi connectivity index (χ3n) is 12.8. The molecule has 5 nitrogen and oxygen atoms in total. The summed E-state index contributed by atoms with van der Waals surface area (Å²) in [4.78, 5) is 21.0. The number of pyridine rings is 1. The van der Waals surface area contributed by atoms with Gasteiger partial charge in [0.2, 0.25) is 0 Å². The maximum atomic E-state index is 5.58. The molecule has 302 valence electrons. The van der Waals surface area contributed by atoms with Gasteiger partial charge in [0, 0.05) is 60.4 Å². The van der Waals surface area contributed by atoms with E-state index in [1.807, 2.05) is 0 Å². The van der Waals surface area contributed by atoms with Gasteiger partial charge in [0.15, 0.2) is 17.5 Å². The van der Waals surface area contributed by atoms with E-state index >= 15 is 0 Å². The Morgan fingerprint density at radius 1 is 0.292 bits per heavy atom. The molecule has 0 aliphatic carbocycles. The van der Waals surface area contributed by atoms with E-state index in [4.69, 9.17) is 19.9 Å². The molecule has 0 N–H and O–H groups in total. The van der Waals surface area contributed by atoms with Crippen LogP contribution in [0.15, 0.2) is 224 Å². The summed E-state index contributed by atoms with van der Waals surface area (Å²) in [5.41, 5.74) is 11.4. The van der Waals surface area contributed by atoms with Crippen LogP contribution in [0, 0.1) is 0 Å². The fourth-order valence-corrected chi connectivity index (χ4v) is 9.70. The topological polar surface area (TPSA) is 56.5 Å². The molecule has 0 saturated heterocycles. The van der Waals surface area contributed by atoms with Gasteiger partial charge in [-0.1, -0.05) is 188 Å². The zero-order chi connectivity index (χ0) is 42.8. The highest BCUT2D eigenvalue weighted by Crippen LogP contribution is 2.44. The Morgan fingerprint density at radius 3 is 1.51 bits per heavy atom. The minimum absolute atomic E-state index is 0.614. The largest absolute Gasteiger partial charge is 0.309 e. The van der Waals surface area contributed by atoms with E-state index in [1.54, 1.807) is 0 Å². The summed E-state index contributed by atoms with van der Waals surface area (Å²) in [6.45, 7) is 0. The average molecular weight is 828 g/mol. The van der Waals surface area contributed by atoms with E-state index in [2.05, 4.69) is 229 Å². The van der Waals surface area contributed by atoms with E-state index in [1.165, 1.54) is 32.4 Å². The van der Waals surface area contributed by atoms with Crippen molar-refractivity contribution in [1.29, 1.82) is 0 Å².